The van der Waals surface area contributed by atoms with Gasteiger partial charge in [-0.15, -0.1) is 5.10 Å². The summed E-state index contributed by atoms with van der Waals surface area (Å²) in [5.41, 5.74) is 8.45. The average molecular weight is 1740 g/mol. The van der Waals surface area contributed by atoms with Crippen molar-refractivity contribution < 1.29 is 126 Å². The number of hydrogen-bond donors (Lipinski definition) is 6. The molecule has 43 heteroatoms. The normalized spacial score (nSPS) is 13.9. The van der Waals surface area contributed by atoms with Crippen LogP contribution in [0.1, 0.15) is 105 Å². The number of nitrogens with zero attached hydrogens (tertiary/aromatic N) is 8. The molecule has 2 atom stereocenters. The van der Waals surface area contributed by atoms with Crippen LogP contribution in [0.15, 0.2) is 83.1 Å². The van der Waals surface area contributed by atoms with Gasteiger partial charge in [-0.05, 0) is 94.3 Å². The first kappa shape index (κ1) is 98.0. The second kappa shape index (κ2) is 50.4. The zero-order valence-corrected chi connectivity index (χ0v) is 69.6. The van der Waals surface area contributed by atoms with Crippen molar-refractivity contribution in [3.05, 3.63) is 123 Å². The molecular formula is C78H104F3N13O25S2. The van der Waals surface area contributed by atoms with E-state index in [2.05, 4.69) is 53.4 Å². The lowest BCUT2D eigenvalue weighted by molar-refractivity contribution is -0.192. The molecule has 38 nitrogen and oxygen atoms in total. The third kappa shape index (κ3) is 33.0. The second-order valence-corrected chi connectivity index (χ2v) is 31.3. The van der Waals surface area contributed by atoms with Gasteiger partial charge in [-0.2, -0.15) is 17.5 Å². The van der Waals surface area contributed by atoms with Crippen LogP contribution in [0.3, 0.4) is 0 Å². The number of hydrogen-bond acceptors (Lipinski definition) is 30. The molecule has 2 aliphatic rings. The van der Waals surface area contributed by atoms with Crippen LogP contribution < -0.4 is 32.6 Å². The molecule has 0 unspecified atom stereocenters. The summed E-state index contributed by atoms with van der Waals surface area (Å²) in [6.45, 7) is 11.2. The number of alkyl halides is 3. The number of benzene rings is 2. The maximum absolute atomic E-state index is 14.4. The number of para-hydroxylation sites is 1. The minimum absolute atomic E-state index is 0.119. The number of nitrogens with two attached hydrogens (primary N) is 1. The Labute approximate surface area is 697 Å². The Morgan fingerprint density at radius 1 is 0.752 bits per heavy atom. The van der Waals surface area contributed by atoms with Crippen molar-refractivity contribution in [1.29, 1.82) is 0 Å². The van der Waals surface area contributed by atoms with Gasteiger partial charge in [0.25, 0.3) is 5.56 Å². The number of carboxylic acid groups (broad SMARTS) is 1. The summed E-state index contributed by atoms with van der Waals surface area (Å²) in [5.74, 6) is 0.367. The fourth-order valence-electron chi connectivity index (χ4n) is 12.0. The molecule has 6 heterocycles. The molecule has 4 aromatic heterocycles. The highest BCUT2D eigenvalue weighted by Crippen LogP contribution is 2.42. The molecule has 0 spiro atoms. The van der Waals surface area contributed by atoms with Gasteiger partial charge in [-0.1, -0.05) is 54.3 Å². The molecule has 0 bridgehead atoms. The van der Waals surface area contributed by atoms with Crippen LogP contribution in [0.2, 0.25) is 0 Å². The minimum Gasteiger partial charge on any atom is -0.475 e. The molecule has 4 amide bonds. The number of amides is 4. The molecule has 121 heavy (non-hydrogen) atoms. The number of anilines is 1. The van der Waals surface area contributed by atoms with E-state index in [-0.39, 0.29) is 100 Å². The third-order valence-electron chi connectivity index (χ3n) is 18.0. The third-order valence-corrected chi connectivity index (χ3v) is 20.3. The Kier molecular flexibility index (Phi) is 40.8. The highest BCUT2D eigenvalue weighted by Gasteiger charge is 2.51. The van der Waals surface area contributed by atoms with Crippen LogP contribution in [-0.4, -0.2) is 272 Å². The molecule has 0 saturated heterocycles. The predicted molar refractivity (Wildman–Crippen MR) is 426 cm³/mol. The topological polar surface area (TPSA) is 488 Å². The Morgan fingerprint density at radius 3 is 1.93 bits per heavy atom. The Balaban J connectivity index is 0.00000275. The summed E-state index contributed by atoms with van der Waals surface area (Å²) < 4.78 is 151. The molecule has 0 saturated carbocycles. The SMILES string of the molecule is CC[C@@]1(OC(=O)OCc2ccc(NC(=O)[C@H](CCCCN)NC(=O)COCC(=O)NCCOCCOCCOCCOCCOCCOCCOCCOCCn3cc(CNC(=O)CCCC#Cc4cnc(S(C)(=O)=O)nc4)nn3)cc2)C(=O)OCc2c1cc1n(c2=O)Cc2c-1nc1ccccc1c2CCN(C(C)C)S(C)(=O)=O.O=C(O)C(F)(F)F. The van der Waals surface area contributed by atoms with E-state index in [0.717, 1.165) is 22.8 Å². The van der Waals surface area contributed by atoms with Crippen molar-refractivity contribution in [3.8, 4) is 23.2 Å². The molecule has 0 fully saturated rings. The molecule has 7 N–H and O–H groups in total. The van der Waals surface area contributed by atoms with Gasteiger partial charge in [0.15, 0.2) is 0 Å². The smallest absolute Gasteiger partial charge is 0.475 e. The predicted octanol–water partition coefficient (Wildman–Crippen LogP) is 3.43. The molecular weight excluding hydrogens is 1640 g/mol. The van der Waals surface area contributed by atoms with E-state index >= 15 is 0 Å². The number of aliphatic carboxylic acids is 1. The number of sulfonamides is 1. The quantitative estimate of drug-likeness (QED) is 0.0138. The van der Waals surface area contributed by atoms with Crippen LogP contribution >= 0.6 is 0 Å². The van der Waals surface area contributed by atoms with Crippen LogP contribution in [0.4, 0.5) is 23.7 Å². The summed E-state index contributed by atoms with van der Waals surface area (Å²) in [7, 11) is -7.02. The van der Waals surface area contributed by atoms with Crippen LogP contribution in [-0.2, 0) is 150 Å². The Morgan fingerprint density at radius 2 is 1.35 bits per heavy atom. The number of esters is 1. The number of halogens is 3. The lowest BCUT2D eigenvalue weighted by Crippen LogP contribution is -2.47. The fourth-order valence-corrected chi connectivity index (χ4v) is 13.7. The van der Waals surface area contributed by atoms with E-state index in [1.54, 1.807) is 62.0 Å². The summed E-state index contributed by atoms with van der Waals surface area (Å²) in [6, 6.07) is 14.1. The van der Waals surface area contributed by atoms with Crippen LogP contribution in [0, 0.1) is 11.8 Å². The molecule has 0 radical (unpaired) electrons. The summed E-state index contributed by atoms with van der Waals surface area (Å²) in [4.78, 5) is 115. The van der Waals surface area contributed by atoms with E-state index in [1.807, 2.05) is 24.3 Å². The number of rotatable bonds is 53. The number of nitrogens with one attached hydrogen (secondary N) is 4. The number of fused-ring (bicyclic) bond motifs is 5. The minimum atomic E-state index is -5.08. The number of ether oxygens (including phenoxy) is 12. The first-order valence-corrected chi connectivity index (χ1v) is 42.7. The van der Waals surface area contributed by atoms with Gasteiger partial charge in [0.05, 0.1) is 166 Å². The van der Waals surface area contributed by atoms with Crippen molar-refractivity contribution in [1.82, 2.24) is 54.8 Å². The summed E-state index contributed by atoms with van der Waals surface area (Å²) in [5, 5.41) is 26.7. The Hall–Kier alpha value is -10.1. The number of pyridine rings is 2. The number of sulfone groups is 1. The van der Waals surface area contributed by atoms with Gasteiger partial charge in [-0.25, -0.2) is 50.9 Å². The maximum atomic E-state index is 14.4. The number of carboxylic acids is 1. The second-order valence-electron chi connectivity index (χ2n) is 27.4. The highest BCUT2D eigenvalue weighted by molar-refractivity contribution is 7.90. The van der Waals surface area contributed by atoms with Crippen molar-refractivity contribution in [2.24, 2.45) is 5.73 Å². The van der Waals surface area contributed by atoms with E-state index in [9.17, 15) is 63.6 Å². The summed E-state index contributed by atoms with van der Waals surface area (Å²) >= 11 is 0. The maximum Gasteiger partial charge on any atom is 0.510 e. The summed E-state index contributed by atoms with van der Waals surface area (Å²) in [6.07, 6.45) is 3.21. The first-order valence-electron chi connectivity index (χ1n) is 38.9. The number of carbonyl (C=O) groups is 7. The molecule has 2 aromatic carbocycles. The standard InChI is InChI=1S/C76H103N13O23S2.C2HF3O2/c1-6-76(63-44-66-70-61(49-88(66)72(94)62(63)51-110-73(76)95)59(60-15-10-11-16-64(60)84-70)23-26-89(54(2)3)114(5,99)100)112-75(96)111-50-55-19-21-57(22-20-55)82-71(93)65(17-12-13-24-77)83-69(92)53-109-52-68(91)78-25-28-101-30-32-103-34-36-105-38-40-107-42-43-108-41-39-106-37-35-104-33-31-102-29-27-87-48-58(85-86-87)47-79-67(90)18-9-7-8-14-56-45-80-74(81-46-56)113(4,97)98;3-2(4,5)1(6)7/h10-11,15-16,19-22,44-46,48,54,65H,6-7,9,12-13,17-18,23-43,47,49-53,77H2,1-5H3,(H,78,91)(H,79,90)(H,82,93)(H,83,92);(H,6,7)/t65-,76-;/m0./s1. The van der Waals surface area contributed by atoms with Gasteiger partial charge in [-0.3, -0.25) is 24.0 Å². The molecule has 2 aliphatic heterocycles. The number of unbranched alkanes of at least 4 members (excludes halogenated alkanes) is 2. The van der Waals surface area contributed by atoms with Crippen molar-refractivity contribution in [2.45, 2.75) is 134 Å². The van der Waals surface area contributed by atoms with E-state index in [1.165, 1.54) is 27.5 Å². The lowest BCUT2D eigenvalue weighted by Gasteiger charge is -2.35. The highest BCUT2D eigenvalue weighted by atomic mass is 32.2. The van der Waals surface area contributed by atoms with Gasteiger partial charge < -0.3 is 93.5 Å². The zero-order chi connectivity index (χ0) is 87.8. The molecule has 8 rings (SSSR count). The fraction of sp³-hybridized carbons (Fsp3) is 0.551. The van der Waals surface area contributed by atoms with Gasteiger partial charge in [0.2, 0.25) is 54.2 Å². The van der Waals surface area contributed by atoms with Crippen LogP contribution in [0.5, 0.6) is 0 Å². The number of carbonyl (C=O) groups excluding carboxylic acids is 6. The van der Waals surface area contributed by atoms with Gasteiger partial charge >= 0.3 is 24.3 Å². The Bertz CT molecular complexity index is 4750. The number of cyclic esters (lactones) is 1. The molecule has 664 valence electrons. The van der Waals surface area contributed by atoms with Crippen molar-refractivity contribution in [2.75, 3.05) is 156 Å². The average Bonchev–Trinajstić information content (AvgIpc) is 1.64. The van der Waals surface area contributed by atoms with Gasteiger partial charge in [0, 0.05) is 72.8 Å². The van der Waals surface area contributed by atoms with E-state index in [4.69, 9.17) is 77.5 Å². The lowest BCUT2D eigenvalue weighted by atomic mass is 9.85. The first-order chi connectivity index (χ1) is 57.9. The largest absolute Gasteiger partial charge is 0.510 e. The zero-order valence-electron chi connectivity index (χ0n) is 68.0. The monoisotopic (exact) mass is 1740 g/mol. The van der Waals surface area contributed by atoms with E-state index in [0.29, 0.717) is 177 Å². The van der Waals surface area contributed by atoms with Crippen molar-refractivity contribution >= 4 is 78.2 Å². The molecule has 6 aromatic rings. The van der Waals surface area contributed by atoms with E-state index < -0.39 is 92.3 Å². The van der Waals surface area contributed by atoms with Crippen LogP contribution in [0.25, 0.3) is 22.3 Å². The van der Waals surface area contributed by atoms with Gasteiger partial charge in [0.1, 0.15) is 38.2 Å². The molecule has 0 aliphatic carbocycles. The van der Waals surface area contributed by atoms with Crippen molar-refractivity contribution in [3.63, 3.8) is 0 Å². The number of aromatic nitrogens is 7.